The monoisotopic (exact) mass is 182 g/mol. The number of likely N-dealkylation sites (N-methyl/N-ethyl adjacent to an activating group) is 1. The minimum atomic E-state index is 0.170. The third kappa shape index (κ3) is 1.80. The molecule has 2 heterocycles. The van der Waals surface area contributed by atoms with E-state index in [-0.39, 0.29) is 6.01 Å². The minimum absolute atomic E-state index is 0.170. The number of nitrogen functional groups attached to an aromatic ring is 1. The molecule has 2 rings (SSSR count). The molecule has 1 saturated heterocycles. The first-order chi connectivity index (χ1) is 6.25. The topological polar surface area (TPSA) is 68.2 Å². The van der Waals surface area contributed by atoms with Crippen molar-refractivity contribution in [2.45, 2.75) is 18.8 Å². The standard InChI is InChI=1S/C8H14N4O/c1-12-4-2-3-6(5-12)7-10-8(9)13-11-7/h6H,2-5H2,1H3,(H2,9,10,11). The number of likely N-dealkylation sites (tertiary alicyclic amines) is 1. The number of hydrogen-bond acceptors (Lipinski definition) is 5. The molecule has 1 aliphatic heterocycles. The maximum absolute atomic E-state index is 5.37. The van der Waals surface area contributed by atoms with Crippen molar-refractivity contribution >= 4 is 6.01 Å². The summed E-state index contributed by atoms with van der Waals surface area (Å²) < 4.78 is 4.75. The molecule has 1 fully saturated rings. The van der Waals surface area contributed by atoms with Crippen LogP contribution in [0.5, 0.6) is 0 Å². The fourth-order valence-electron chi connectivity index (χ4n) is 1.79. The minimum Gasteiger partial charge on any atom is -0.351 e. The lowest BCUT2D eigenvalue weighted by Gasteiger charge is -2.27. The molecule has 5 nitrogen and oxygen atoms in total. The van der Waals surface area contributed by atoms with Crippen LogP contribution in [0.3, 0.4) is 0 Å². The Morgan fingerprint density at radius 2 is 2.46 bits per heavy atom. The van der Waals surface area contributed by atoms with E-state index in [0.29, 0.717) is 5.92 Å². The highest BCUT2D eigenvalue weighted by Crippen LogP contribution is 2.23. The summed E-state index contributed by atoms with van der Waals surface area (Å²) in [5, 5.41) is 3.84. The second-order valence-corrected chi connectivity index (χ2v) is 3.59. The molecular weight excluding hydrogens is 168 g/mol. The molecular formula is C8H14N4O. The van der Waals surface area contributed by atoms with Crippen LogP contribution >= 0.6 is 0 Å². The van der Waals surface area contributed by atoms with E-state index < -0.39 is 0 Å². The zero-order valence-corrected chi connectivity index (χ0v) is 7.73. The quantitative estimate of drug-likeness (QED) is 0.683. The molecule has 0 aromatic carbocycles. The van der Waals surface area contributed by atoms with E-state index in [1.165, 1.54) is 6.42 Å². The summed E-state index contributed by atoms with van der Waals surface area (Å²) in [5.41, 5.74) is 5.37. The lowest BCUT2D eigenvalue weighted by atomic mass is 9.98. The average Bonchev–Trinajstić information content (AvgIpc) is 2.52. The Morgan fingerprint density at radius 3 is 3.08 bits per heavy atom. The molecule has 0 aliphatic carbocycles. The van der Waals surface area contributed by atoms with Gasteiger partial charge in [-0.05, 0) is 26.4 Å². The van der Waals surface area contributed by atoms with Crippen molar-refractivity contribution in [1.82, 2.24) is 15.0 Å². The van der Waals surface area contributed by atoms with Gasteiger partial charge in [0.2, 0.25) is 0 Å². The van der Waals surface area contributed by atoms with Gasteiger partial charge >= 0.3 is 6.01 Å². The maximum atomic E-state index is 5.37. The molecule has 1 aromatic heterocycles. The highest BCUT2D eigenvalue weighted by Gasteiger charge is 2.22. The molecule has 5 heteroatoms. The summed E-state index contributed by atoms with van der Waals surface area (Å²) in [7, 11) is 2.11. The van der Waals surface area contributed by atoms with Crippen LogP contribution in [0.25, 0.3) is 0 Å². The van der Waals surface area contributed by atoms with Crippen LogP contribution < -0.4 is 5.73 Å². The normalized spacial score (nSPS) is 24.8. The van der Waals surface area contributed by atoms with E-state index in [9.17, 15) is 0 Å². The first-order valence-electron chi connectivity index (χ1n) is 4.53. The van der Waals surface area contributed by atoms with Gasteiger partial charge in [-0.25, -0.2) is 0 Å². The van der Waals surface area contributed by atoms with Gasteiger partial charge in [-0.2, -0.15) is 4.98 Å². The molecule has 1 atom stereocenters. The Bertz CT molecular complexity index is 285. The van der Waals surface area contributed by atoms with Crippen LogP contribution in [0.1, 0.15) is 24.6 Å². The van der Waals surface area contributed by atoms with Crippen molar-refractivity contribution < 1.29 is 4.52 Å². The second kappa shape index (κ2) is 3.33. The highest BCUT2D eigenvalue weighted by atomic mass is 16.5. The summed E-state index contributed by atoms with van der Waals surface area (Å²) in [6.07, 6.45) is 2.32. The van der Waals surface area contributed by atoms with Gasteiger partial charge in [-0.1, -0.05) is 5.16 Å². The first kappa shape index (κ1) is 8.50. The molecule has 1 unspecified atom stereocenters. The largest absolute Gasteiger partial charge is 0.351 e. The lowest BCUT2D eigenvalue weighted by molar-refractivity contribution is 0.242. The Labute approximate surface area is 76.9 Å². The molecule has 0 saturated carbocycles. The third-order valence-electron chi connectivity index (χ3n) is 2.45. The Hall–Kier alpha value is -1.10. The molecule has 13 heavy (non-hydrogen) atoms. The molecule has 0 spiro atoms. The van der Waals surface area contributed by atoms with E-state index >= 15 is 0 Å². The van der Waals surface area contributed by atoms with Crippen molar-refractivity contribution in [2.75, 3.05) is 25.9 Å². The van der Waals surface area contributed by atoms with Gasteiger partial charge in [0.25, 0.3) is 0 Å². The number of rotatable bonds is 1. The number of nitrogens with two attached hydrogens (primary N) is 1. The van der Waals surface area contributed by atoms with Crippen LogP contribution in [-0.4, -0.2) is 35.2 Å². The molecule has 1 aromatic rings. The molecule has 2 N–H and O–H groups in total. The molecule has 0 bridgehead atoms. The van der Waals surface area contributed by atoms with Crippen molar-refractivity contribution in [2.24, 2.45) is 0 Å². The zero-order chi connectivity index (χ0) is 9.26. The van der Waals surface area contributed by atoms with Crippen LogP contribution in [0.2, 0.25) is 0 Å². The molecule has 0 amide bonds. The smallest absolute Gasteiger partial charge is 0.318 e. The number of piperidine rings is 1. The van der Waals surface area contributed by atoms with Gasteiger partial charge in [0.15, 0.2) is 5.82 Å². The Morgan fingerprint density at radius 1 is 1.62 bits per heavy atom. The van der Waals surface area contributed by atoms with Gasteiger partial charge in [0, 0.05) is 12.5 Å². The van der Waals surface area contributed by atoms with Gasteiger partial charge in [0.05, 0.1) is 0 Å². The molecule has 0 radical (unpaired) electrons. The van der Waals surface area contributed by atoms with Crippen LogP contribution in [0.15, 0.2) is 4.52 Å². The van der Waals surface area contributed by atoms with E-state index in [0.717, 1.165) is 25.3 Å². The van der Waals surface area contributed by atoms with E-state index in [2.05, 4.69) is 22.1 Å². The van der Waals surface area contributed by atoms with E-state index in [1.807, 2.05) is 0 Å². The van der Waals surface area contributed by atoms with Crippen LogP contribution in [-0.2, 0) is 0 Å². The predicted octanol–water partition coefficient (Wildman–Crippen LogP) is 0.461. The fraction of sp³-hybridized carbons (Fsp3) is 0.750. The van der Waals surface area contributed by atoms with Crippen LogP contribution in [0.4, 0.5) is 6.01 Å². The second-order valence-electron chi connectivity index (χ2n) is 3.59. The lowest BCUT2D eigenvalue weighted by Crippen LogP contribution is -2.31. The summed E-state index contributed by atoms with van der Waals surface area (Å²) in [6, 6.07) is 0.170. The summed E-state index contributed by atoms with van der Waals surface area (Å²) in [6.45, 7) is 2.16. The summed E-state index contributed by atoms with van der Waals surface area (Å²) in [5.74, 6) is 1.14. The number of nitrogens with zero attached hydrogens (tertiary/aromatic N) is 3. The van der Waals surface area contributed by atoms with Gasteiger partial charge in [-0.3, -0.25) is 0 Å². The van der Waals surface area contributed by atoms with Gasteiger partial charge in [0.1, 0.15) is 0 Å². The van der Waals surface area contributed by atoms with Crippen molar-refractivity contribution in [1.29, 1.82) is 0 Å². The van der Waals surface area contributed by atoms with Crippen molar-refractivity contribution in [3.63, 3.8) is 0 Å². The number of hydrogen-bond donors (Lipinski definition) is 1. The number of anilines is 1. The zero-order valence-electron chi connectivity index (χ0n) is 7.73. The summed E-state index contributed by atoms with van der Waals surface area (Å²) in [4.78, 5) is 6.32. The highest BCUT2D eigenvalue weighted by molar-refractivity contribution is 5.10. The van der Waals surface area contributed by atoms with Gasteiger partial charge in [-0.15, -0.1) is 0 Å². The third-order valence-corrected chi connectivity index (χ3v) is 2.45. The van der Waals surface area contributed by atoms with Crippen molar-refractivity contribution in [3.05, 3.63) is 5.82 Å². The predicted molar refractivity (Wildman–Crippen MR) is 48.2 cm³/mol. The Balaban J connectivity index is 2.08. The Kier molecular flexibility index (Phi) is 2.18. The molecule has 72 valence electrons. The van der Waals surface area contributed by atoms with E-state index in [4.69, 9.17) is 10.3 Å². The van der Waals surface area contributed by atoms with Gasteiger partial charge < -0.3 is 15.2 Å². The van der Waals surface area contributed by atoms with Crippen molar-refractivity contribution in [3.8, 4) is 0 Å². The average molecular weight is 182 g/mol. The SMILES string of the molecule is CN1CCCC(c2noc(N)n2)C1. The maximum Gasteiger partial charge on any atom is 0.318 e. The number of aromatic nitrogens is 2. The van der Waals surface area contributed by atoms with E-state index in [1.54, 1.807) is 0 Å². The fourth-order valence-corrected chi connectivity index (χ4v) is 1.79. The first-order valence-corrected chi connectivity index (χ1v) is 4.53. The summed E-state index contributed by atoms with van der Waals surface area (Å²) >= 11 is 0. The molecule has 1 aliphatic rings. The van der Waals surface area contributed by atoms with Crippen LogP contribution in [0, 0.1) is 0 Å².